The average Bonchev–Trinajstić information content (AvgIpc) is 2.53. The van der Waals surface area contributed by atoms with Crippen molar-refractivity contribution in [2.24, 2.45) is 0 Å². The van der Waals surface area contributed by atoms with E-state index in [1.54, 1.807) is 6.07 Å². The highest BCUT2D eigenvalue weighted by atomic mass is 16.6. The minimum absolute atomic E-state index is 0.459. The predicted molar refractivity (Wildman–Crippen MR) is 85.0 cm³/mol. The summed E-state index contributed by atoms with van der Waals surface area (Å²) in [5.41, 5.74) is 6.39. The quantitative estimate of drug-likeness (QED) is 0.321. The molecule has 0 radical (unpaired) electrons. The van der Waals surface area contributed by atoms with Crippen molar-refractivity contribution in [3.05, 3.63) is 37.1 Å². The van der Waals surface area contributed by atoms with Gasteiger partial charge < -0.3 is 29.4 Å². The normalized spacial score (nSPS) is 10.4. The van der Waals surface area contributed by atoms with E-state index in [1.165, 1.54) is 6.26 Å². The smallest absolute Gasteiger partial charge is 0.142 e. The molecular weight excluding hydrogens is 286 g/mol. The second kappa shape index (κ2) is 12.9. The van der Waals surface area contributed by atoms with Gasteiger partial charge >= 0.3 is 0 Å². The van der Waals surface area contributed by atoms with Crippen LogP contribution < -0.4 is 10.5 Å². The fourth-order valence-electron chi connectivity index (χ4n) is 1.55. The lowest BCUT2D eigenvalue weighted by atomic mass is 10.3. The van der Waals surface area contributed by atoms with Gasteiger partial charge in [0.15, 0.2) is 0 Å². The standard InChI is InChI=1S/C16H25NO5/c1-2-18-7-8-19-9-10-20-11-12-21-13-14-22-16-6-4-3-5-15(16)17/h2-6H,1,7-14,17H2. The highest BCUT2D eigenvalue weighted by Crippen LogP contribution is 2.19. The van der Waals surface area contributed by atoms with Gasteiger partial charge in [0.2, 0.25) is 0 Å². The molecule has 1 rings (SSSR count). The fourth-order valence-corrected chi connectivity index (χ4v) is 1.55. The van der Waals surface area contributed by atoms with E-state index in [2.05, 4.69) is 6.58 Å². The summed E-state index contributed by atoms with van der Waals surface area (Å²) < 4.78 is 26.4. The summed E-state index contributed by atoms with van der Waals surface area (Å²) in [6.07, 6.45) is 1.40. The molecule has 0 saturated heterocycles. The summed E-state index contributed by atoms with van der Waals surface area (Å²) in [7, 11) is 0. The van der Waals surface area contributed by atoms with Crippen LogP contribution in [-0.2, 0) is 18.9 Å². The number of hydrogen-bond donors (Lipinski definition) is 1. The molecule has 0 fully saturated rings. The Morgan fingerprint density at radius 2 is 1.36 bits per heavy atom. The van der Waals surface area contributed by atoms with Gasteiger partial charge in [-0.25, -0.2) is 0 Å². The van der Waals surface area contributed by atoms with Crippen LogP contribution in [0, 0.1) is 0 Å². The molecule has 2 N–H and O–H groups in total. The molecule has 0 unspecified atom stereocenters. The molecule has 0 aliphatic rings. The maximum absolute atomic E-state index is 5.76. The maximum atomic E-state index is 5.76. The molecule has 0 aromatic heterocycles. The Morgan fingerprint density at radius 3 is 1.95 bits per heavy atom. The molecule has 22 heavy (non-hydrogen) atoms. The molecule has 124 valence electrons. The average molecular weight is 311 g/mol. The van der Waals surface area contributed by atoms with Crippen LogP contribution in [0.4, 0.5) is 5.69 Å². The lowest BCUT2D eigenvalue weighted by molar-refractivity contribution is 0.00268. The van der Waals surface area contributed by atoms with Gasteiger partial charge in [-0.1, -0.05) is 18.7 Å². The Bertz CT molecular complexity index is 400. The van der Waals surface area contributed by atoms with Crippen LogP contribution in [0.3, 0.4) is 0 Å². The molecule has 6 nitrogen and oxygen atoms in total. The van der Waals surface area contributed by atoms with Crippen LogP contribution in [0.25, 0.3) is 0 Å². The van der Waals surface area contributed by atoms with Gasteiger partial charge in [0.25, 0.3) is 0 Å². The van der Waals surface area contributed by atoms with Crippen LogP contribution >= 0.6 is 0 Å². The van der Waals surface area contributed by atoms with Gasteiger partial charge in [0.05, 0.1) is 51.6 Å². The third-order valence-corrected chi connectivity index (χ3v) is 2.61. The van der Waals surface area contributed by atoms with E-state index >= 15 is 0 Å². The molecule has 0 amide bonds. The van der Waals surface area contributed by atoms with Crippen LogP contribution in [-0.4, -0.2) is 52.9 Å². The first-order valence-corrected chi connectivity index (χ1v) is 7.27. The topological polar surface area (TPSA) is 72.2 Å². The number of anilines is 1. The molecule has 0 saturated carbocycles. The number of ether oxygens (including phenoxy) is 5. The van der Waals surface area contributed by atoms with Crippen LogP contribution in [0.2, 0.25) is 0 Å². The molecular formula is C16H25NO5. The van der Waals surface area contributed by atoms with Crippen molar-refractivity contribution in [3.8, 4) is 5.75 Å². The molecule has 0 heterocycles. The number of nitrogen functional groups attached to an aromatic ring is 1. The Morgan fingerprint density at radius 1 is 0.818 bits per heavy atom. The Kier molecular flexibility index (Phi) is 10.8. The SMILES string of the molecule is C=COCCOCCOCCOCCOc1ccccc1N. The van der Waals surface area contributed by atoms with Crippen molar-refractivity contribution >= 4 is 5.69 Å². The number of hydrogen-bond acceptors (Lipinski definition) is 6. The monoisotopic (exact) mass is 311 g/mol. The molecule has 0 bridgehead atoms. The number of benzene rings is 1. The lowest BCUT2D eigenvalue weighted by Crippen LogP contribution is -2.13. The van der Waals surface area contributed by atoms with Gasteiger partial charge in [0, 0.05) is 0 Å². The van der Waals surface area contributed by atoms with E-state index in [9.17, 15) is 0 Å². The van der Waals surface area contributed by atoms with Gasteiger partial charge in [0.1, 0.15) is 19.0 Å². The van der Waals surface area contributed by atoms with E-state index in [4.69, 9.17) is 29.4 Å². The molecule has 1 aromatic carbocycles. The zero-order chi connectivity index (χ0) is 15.9. The summed E-state index contributed by atoms with van der Waals surface area (Å²) >= 11 is 0. The van der Waals surface area contributed by atoms with Gasteiger partial charge in [-0.2, -0.15) is 0 Å². The van der Waals surface area contributed by atoms with E-state index in [1.807, 2.05) is 18.2 Å². The van der Waals surface area contributed by atoms with Crippen LogP contribution in [0.1, 0.15) is 0 Å². The largest absolute Gasteiger partial charge is 0.499 e. The van der Waals surface area contributed by atoms with E-state index in [-0.39, 0.29) is 0 Å². The summed E-state index contributed by atoms with van der Waals surface area (Å²) in [5, 5.41) is 0. The first-order chi connectivity index (χ1) is 10.8. The summed E-state index contributed by atoms with van der Waals surface area (Å²) in [5.74, 6) is 0.680. The maximum Gasteiger partial charge on any atom is 0.142 e. The van der Waals surface area contributed by atoms with Crippen LogP contribution in [0.5, 0.6) is 5.75 Å². The van der Waals surface area contributed by atoms with Gasteiger partial charge in [-0.15, -0.1) is 0 Å². The molecule has 0 spiro atoms. The minimum Gasteiger partial charge on any atom is -0.499 e. The Balaban J connectivity index is 1.82. The molecule has 0 atom stereocenters. The third-order valence-electron chi connectivity index (χ3n) is 2.61. The molecule has 0 aliphatic carbocycles. The lowest BCUT2D eigenvalue weighted by Gasteiger charge is -2.09. The van der Waals surface area contributed by atoms with Crippen molar-refractivity contribution in [3.63, 3.8) is 0 Å². The van der Waals surface area contributed by atoms with Crippen molar-refractivity contribution in [1.82, 2.24) is 0 Å². The number of nitrogens with two attached hydrogens (primary N) is 1. The van der Waals surface area contributed by atoms with Crippen molar-refractivity contribution in [1.29, 1.82) is 0 Å². The Hall–Kier alpha value is -1.76. The van der Waals surface area contributed by atoms with E-state index in [0.29, 0.717) is 64.3 Å². The highest BCUT2D eigenvalue weighted by molar-refractivity contribution is 5.51. The second-order valence-electron chi connectivity index (χ2n) is 4.26. The minimum atomic E-state index is 0.459. The van der Waals surface area contributed by atoms with Crippen molar-refractivity contribution in [2.75, 3.05) is 58.6 Å². The van der Waals surface area contributed by atoms with Gasteiger partial charge in [-0.3, -0.25) is 0 Å². The number of para-hydroxylation sites is 2. The number of rotatable bonds is 14. The first kappa shape index (κ1) is 18.3. The van der Waals surface area contributed by atoms with Crippen molar-refractivity contribution in [2.45, 2.75) is 0 Å². The fraction of sp³-hybridized carbons (Fsp3) is 0.500. The van der Waals surface area contributed by atoms with E-state index < -0.39 is 0 Å². The Labute approximate surface area is 131 Å². The second-order valence-corrected chi connectivity index (χ2v) is 4.26. The first-order valence-electron chi connectivity index (χ1n) is 7.27. The molecule has 6 heteroatoms. The zero-order valence-electron chi connectivity index (χ0n) is 12.9. The summed E-state index contributed by atoms with van der Waals surface area (Å²) in [6, 6.07) is 7.38. The molecule has 0 aliphatic heterocycles. The molecule has 1 aromatic rings. The van der Waals surface area contributed by atoms with Crippen molar-refractivity contribution < 1.29 is 23.7 Å². The summed E-state index contributed by atoms with van der Waals surface area (Å²) in [6.45, 7) is 7.56. The summed E-state index contributed by atoms with van der Waals surface area (Å²) in [4.78, 5) is 0. The van der Waals surface area contributed by atoms with E-state index in [0.717, 1.165) is 0 Å². The van der Waals surface area contributed by atoms with Crippen LogP contribution in [0.15, 0.2) is 37.1 Å². The highest BCUT2D eigenvalue weighted by Gasteiger charge is 1.98. The third kappa shape index (κ3) is 9.23. The predicted octanol–water partition coefficient (Wildman–Crippen LogP) is 1.86. The van der Waals surface area contributed by atoms with Gasteiger partial charge in [-0.05, 0) is 12.1 Å². The zero-order valence-corrected chi connectivity index (χ0v) is 12.9.